The van der Waals surface area contributed by atoms with Crippen LogP contribution in [0.5, 0.6) is 11.6 Å². The van der Waals surface area contributed by atoms with Gasteiger partial charge in [-0.2, -0.15) is 4.98 Å². The van der Waals surface area contributed by atoms with Gasteiger partial charge in [-0.1, -0.05) is 6.07 Å². The van der Waals surface area contributed by atoms with Crippen molar-refractivity contribution >= 4 is 5.65 Å². The van der Waals surface area contributed by atoms with Crippen LogP contribution >= 0.6 is 0 Å². The Hall–Kier alpha value is -2.47. The number of aromatic nitrogens is 2. The second-order valence-corrected chi connectivity index (χ2v) is 4.16. The summed E-state index contributed by atoms with van der Waals surface area (Å²) in [6, 6.07) is 8.15. The third kappa shape index (κ3) is 2.21. The van der Waals surface area contributed by atoms with Crippen molar-refractivity contribution in [3.8, 4) is 11.6 Å². The lowest BCUT2D eigenvalue weighted by Gasteiger charge is -2.05. The third-order valence-electron chi connectivity index (χ3n) is 2.79. The quantitative estimate of drug-likeness (QED) is 0.800. The second kappa shape index (κ2) is 4.90. The van der Waals surface area contributed by atoms with Gasteiger partial charge in [-0.25, -0.2) is 8.78 Å². The molecule has 0 aliphatic rings. The zero-order valence-corrected chi connectivity index (χ0v) is 10.3. The summed E-state index contributed by atoms with van der Waals surface area (Å²) >= 11 is 0. The zero-order chi connectivity index (χ0) is 14.1. The highest BCUT2D eigenvalue weighted by Gasteiger charge is 2.14. The number of imidazole rings is 1. The van der Waals surface area contributed by atoms with Gasteiger partial charge in [-0.3, -0.25) is 4.40 Å². The predicted molar refractivity (Wildman–Crippen MR) is 67.5 cm³/mol. The van der Waals surface area contributed by atoms with Crippen molar-refractivity contribution in [2.45, 2.75) is 6.61 Å². The highest BCUT2D eigenvalue weighted by atomic mass is 19.1. The minimum Gasteiger partial charge on any atom is -0.437 e. The summed E-state index contributed by atoms with van der Waals surface area (Å²) in [6.07, 6.45) is 1.72. The predicted octanol–water partition coefficient (Wildman–Crippen LogP) is 2.90. The average molecular weight is 276 g/mol. The minimum absolute atomic E-state index is 0.0133. The summed E-state index contributed by atoms with van der Waals surface area (Å²) < 4.78 is 33.3. The van der Waals surface area contributed by atoms with Crippen LogP contribution in [0.3, 0.4) is 0 Å². The number of fused-ring (bicyclic) bond motifs is 1. The van der Waals surface area contributed by atoms with E-state index in [4.69, 9.17) is 4.74 Å². The van der Waals surface area contributed by atoms with Gasteiger partial charge in [0.1, 0.15) is 28.7 Å². The van der Waals surface area contributed by atoms with Crippen LogP contribution in [-0.2, 0) is 6.61 Å². The lowest BCUT2D eigenvalue weighted by Crippen LogP contribution is -1.95. The molecule has 3 aromatic rings. The smallest absolute Gasteiger partial charge is 0.243 e. The molecule has 0 saturated carbocycles. The number of benzene rings is 1. The molecule has 0 unspecified atom stereocenters. The molecule has 102 valence electrons. The summed E-state index contributed by atoms with van der Waals surface area (Å²) in [5, 5.41) is 9.40. The van der Waals surface area contributed by atoms with Crippen LogP contribution in [0.15, 0.2) is 42.6 Å². The Bertz CT molecular complexity index is 751. The largest absolute Gasteiger partial charge is 0.437 e. The Morgan fingerprint density at radius 3 is 2.60 bits per heavy atom. The van der Waals surface area contributed by atoms with Gasteiger partial charge in [0.05, 0.1) is 6.61 Å². The van der Waals surface area contributed by atoms with Gasteiger partial charge in [0.25, 0.3) is 0 Å². The van der Waals surface area contributed by atoms with Crippen LogP contribution in [0.25, 0.3) is 5.65 Å². The molecule has 0 fully saturated rings. The first-order chi connectivity index (χ1) is 9.67. The number of aliphatic hydroxyl groups excluding tert-OH is 1. The van der Waals surface area contributed by atoms with E-state index in [1.807, 2.05) is 0 Å². The molecule has 6 heteroatoms. The number of hydrogen-bond acceptors (Lipinski definition) is 3. The van der Waals surface area contributed by atoms with Crippen molar-refractivity contribution in [1.82, 2.24) is 9.38 Å². The summed E-state index contributed by atoms with van der Waals surface area (Å²) in [6.45, 7) is -0.307. The van der Waals surface area contributed by atoms with E-state index in [9.17, 15) is 13.9 Å². The molecule has 3 rings (SSSR count). The van der Waals surface area contributed by atoms with E-state index in [1.54, 1.807) is 28.8 Å². The number of nitrogens with zero attached hydrogens (tertiary/aromatic N) is 2. The SMILES string of the molecule is OCc1c(Oc2cc(F)cc(F)c2)nc2ccccn12. The van der Waals surface area contributed by atoms with E-state index in [1.165, 1.54) is 0 Å². The highest BCUT2D eigenvalue weighted by molar-refractivity contribution is 5.46. The van der Waals surface area contributed by atoms with Gasteiger partial charge in [-0.05, 0) is 12.1 Å². The number of hydrogen-bond donors (Lipinski definition) is 1. The van der Waals surface area contributed by atoms with Crippen molar-refractivity contribution in [2.24, 2.45) is 0 Å². The molecule has 2 heterocycles. The van der Waals surface area contributed by atoms with Gasteiger partial charge in [0.15, 0.2) is 0 Å². The summed E-state index contributed by atoms with van der Waals surface area (Å²) in [5.74, 6) is -1.38. The normalized spacial score (nSPS) is 10.9. The zero-order valence-electron chi connectivity index (χ0n) is 10.3. The van der Waals surface area contributed by atoms with Crippen LogP contribution in [0.1, 0.15) is 5.69 Å². The highest BCUT2D eigenvalue weighted by Crippen LogP contribution is 2.27. The first-order valence-corrected chi connectivity index (χ1v) is 5.88. The van der Waals surface area contributed by atoms with Crippen molar-refractivity contribution in [1.29, 1.82) is 0 Å². The molecule has 0 aliphatic carbocycles. The molecule has 4 nitrogen and oxygen atoms in total. The summed E-state index contributed by atoms with van der Waals surface area (Å²) in [5.41, 5.74) is 0.980. The van der Waals surface area contributed by atoms with E-state index in [-0.39, 0.29) is 18.2 Å². The van der Waals surface area contributed by atoms with E-state index in [0.717, 1.165) is 18.2 Å². The molecular weight excluding hydrogens is 266 g/mol. The van der Waals surface area contributed by atoms with Gasteiger partial charge in [0, 0.05) is 24.4 Å². The molecule has 0 saturated heterocycles. The lowest BCUT2D eigenvalue weighted by molar-refractivity contribution is 0.269. The molecule has 0 spiro atoms. The number of pyridine rings is 1. The van der Waals surface area contributed by atoms with Gasteiger partial charge < -0.3 is 9.84 Å². The van der Waals surface area contributed by atoms with Crippen LogP contribution in [-0.4, -0.2) is 14.5 Å². The van der Waals surface area contributed by atoms with E-state index < -0.39 is 11.6 Å². The van der Waals surface area contributed by atoms with Crippen LogP contribution in [0.4, 0.5) is 8.78 Å². The van der Waals surface area contributed by atoms with E-state index in [2.05, 4.69) is 4.98 Å². The molecular formula is C14H10F2N2O2. The first kappa shape index (κ1) is 12.6. The summed E-state index contributed by atoms with van der Waals surface area (Å²) in [7, 11) is 0. The number of halogens is 2. The Kier molecular flexibility index (Phi) is 3.08. The summed E-state index contributed by atoms with van der Waals surface area (Å²) in [4.78, 5) is 4.17. The topological polar surface area (TPSA) is 46.8 Å². The Morgan fingerprint density at radius 1 is 1.15 bits per heavy atom. The van der Waals surface area contributed by atoms with Gasteiger partial charge >= 0.3 is 0 Å². The van der Waals surface area contributed by atoms with Crippen LogP contribution in [0, 0.1) is 11.6 Å². The average Bonchev–Trinajstić information content (AvgIpc) is 2.74. The molecule has 20 heavy (non-hydrogen) atoms. The number of ether oxygens (including phenoxy) is 1. The van der Waals surface area contributed by atoms with Crippen molar-refractivity contribution in [2.75, 3.05) is 0 Å². The van der Waals surface area contributed by atoms with E-state index >= 15 is 0 Å². The van der Waals surface area contributed by atoms with Crippen molar-refractivity contribution < 1.29 is 18.6 Å². The molecule has 0 radical (unpaired) electrons. The Morgan fingerprint density at radius 2 is 1.90 bits per heavy atom. The fourth-order valence-electron chi connectivity index (χ4n) is 1.95. The number of aliphatic hydroxyl groups is 1. The maximum atomic E-state index is 13.1. The third-order valence-corrected chi connectivity index (χ3v) is 2.79. The standard InChI is InChI=1S/C14H10F2N2O2/c15-9-5-10(16)7-11(6-9)20-14-12(8-19)18-4-2-1-3-13(18)17-14/h1-7,19H,8H2. The molecule has 0 atom stereocenters. The Labute approximate surface area is 112 Å². The van der Waals surface area contributed by atoms with Crippen molar-refractivity contribution in [3.63, 3.8) is 0 Å². The fraction of sp³-hybridized carbons (Fsp3) is 0.0714. The van der Waals surface area contributed by atoms with Crippen LogP contribution in [0.2, 0.25) is 0 Å². The maximum Gasteiger partial charge on any atom is 0.243 e. The van der Waals surface area contributed by atoms with Gasteiger partial charge in [0.2, 0.25) is 5.88 Å². The second-order valence-electron chi connectivity index (χ2n) is 4.16. The molecule has 1 aromatic carbocycles. The van der Waals surface area contributed by atoms with Gasteiger partial charge in [-0.15, -0.1) is 0 Å². The number of rotatable bonds is 3. The van der Waals surface area contributed by atoms with Crippen molar-refractivity contribution in [3.05, 3.63) is 59.9 Å². The monoisotopic (exact) mass is 276 g/mol. The molecule has 0 amide bonds. The Balaban J connectivity index is 2.05. The first-order valence-electron chi connectivity index (χ1n) is 5.88. The van der Waals surface area contributed by atoms with Crippen LogP contribution < -0.4 is 4.74 Å². The fourth-order valence-corrected chi connectivity index (χ4v) is 1.95. The molecule has 2 aromatic heterocycles. The van der Waals surface area contributed by atoms with E-state index in [0.29, 0.717) is 11.3 Å². The maximum absolute atomic E-state index is 13.1. The molecule has 0 bridgehead atoms. The lowest BCUT2D eigenvalue weighted by atomic mass is 10.3. The molecule has 0 aliphatic heterocycles. The minimum atomic E-state index is -0.741. The molecule has 1 N–H and O–H groups in total.